The molecule has 0 aromatic heterocycles. The summed E-state index contributed by atoms with van der Waals surface area (Å²) in [6.45, 7) is 6.03. The van der Waals surface area contributed by atoms with Gasteiger partial charge >= 0.3 is 11.9 Å². The molecule has 1 aromatic rings. The number of ether oxygens (including phenoxy) is 2. The molecule has 61 heavy (non-hydrogen) atoms. The summed E-state index contributed by atoms with van der Waals surface area (Å²) in [5.41, 5.74) is 7.76. The molecule has 1 saturated heterocycles. The van der Waals surface area contributed by atoms with Gasteiger partial charge in [-0.1, -0.05) is 33.8 Å². The maximum Gasteiger partial charge on any atom is 0.332 e. The number of aryl methyl sites for hydroxylation is 1. The van der Waals surface area contributed by atoms with Crippen LogP contribution >= 0.6 is 0 Å². The molecule has 1 aromatic carbocycles. The summed E-state index contributed by atoms with van der Waals surface area (Å²) in [6.07, 6.45) is 1.14. The van der Waals surface area contributed by atoms with E-state index in [1.807, 2.05) is 0 Å². The minimum atomic E-state index is -4.25. The number of carbonyl (C=O) groups excluding carboxylic acids is 6. The number of anilines is 1. The van der Waals surface area contributed by atoms with Crippen molar-refractivity contribution >= 4 is 57.7 Å². The molecule has 1 aliphatic heterocycles. The standard InChI is InChI=1S/C39H59N7O14S/c1-23(2)36(44-33(49)19-31(45(5)35(51)8-6-14-47)30(40)21-46(41)13-7-15-61(56,57)58)37(52)42-20-34(50)43-27-11-9-26(22-59-39(55)24(3)4)25(16-27)10-12-29-17-28(48)18-32(60-29)38(53)54/h6,8-9,11,14,16,21,23-24,28-29,31-32,36,48H,7,10,12-13,15,17-20,22,40-41H2,1-5H3,(H,42,52)(H,43,50)(H,44,49)(H,53,54)(H,56,57,58)/b8-6-,30-21-. The zero-order chi connectivity index (χ0) is 46.0. The molecule has 340 valence electrons. The van der Waals surface area contributed by atoms with Crippen molar-refractivity contribution in [3.63, 3.8) is 0 Å². The molecular formula is C39H59N7O14S. The van der Waals surface area contributed by atoms with Crippen LogP contribution in [-0.4, -0.2) is 131 Å². The summed E-state index contributed by atoms with van der Waals surface area (Å²) < 4.78 is 42.2. The first kappa shape index (κ1) is 51.7. The summed E-state index contributed by atoms with van der Waals surface area (Å²) >= 11 is 0. The van der Waals surface area contributed by atoms with E-state index in [4.69, 9.17) is 25.6 Å². The van der Waals surface area contributed by atoms with Gasteiger partial charge in [0.05, 0.1) is 42.9 Å². The normalized spacial score (nSPS) is 17.9. The second-order valence-corrected chi connectivity index (χ2v) is 16.8. The Kier molecular flexibility index (Phi) is 21.0. The maximum atomic E-state index is 13.4. The lowest BCUT2D eigenvalue weighted by Crippen LogP contribution is -2.52. The molecule has 0 aliphatic carbocycles. The van der Waals surface area contributed by atoms with Crippen LogP contribution in [0, 0.1) is 11.8 Å². The van der Waals surface area contributed by atoms with Gasteiger partial charge in [-0.3, -0.25) is 33.3 Å². The quantitative estimate of drug-likeness (QED) is 0.0165. The molecule has 4 amide bonds. The fourth-order valence-corrected chi connectivity index (χ4v) is 6.61. The molecule has 2 rings (SSSR count). The third-order valence-corrected chi connectivity index (χ3v) is 10.2. The van der Waals surface area contributed by atoms with Gasteiger partial charge < -0.3 is 51.3 Å². The maximum absolute atomic E-state index is 13.4. The fraction of sp³-hybridized carbons (Fsp3) is 0.564. The zero-order valence-electron chi connectivity index (χ0n) is 34.9. The number of rotatable bonds is 24. The molecule has 10 N–H and O–H groups in total. The number of nitrogens with two attached hydrogens (primary N) is 2. The summed E-state index contributed by atoms with van der Waals surface area (Å²) in [5.74, 6) is 0.0996. The first-order valence-corrected chi connectivity index (χ1v) is 21.2. The summed E-state index contributed by atoms with van der Waals surface area (Å²) in [7, 11) is -2.94. The average molecular weight is 882 g/mol. The Hall–Kier alpha value is -5.42. The van der Waals surface area contributed by atoms with Gasteiger partial charge in [0.1, 0.15) is 18.9 Å². The first-order valence-electron chi connectivity index (χ1n) is 19.5. The zero-order valence-corrected chi connectivity index (χ0v) is 35.8. The Balaban J connectivity index is 2.17. The summed E-state index contributed by atoms with van der Waals surface area (Å²) in [4.78, 5) is 88.1. The van der Waals surface area contributed by atoms with E-state index in [1.165, 1.54) is 13.2 Å². The predicted octanol–water partition coefficient (Wildman–Crippen LogP) is -0.267. The molecule has 0 radical (unpaired) electrons. The highest BCUT2D eigenvalue weighted by Crippen LogP contribution is 2.26. The third kappa shape index (κ3) is 18.8. The minimum Gasteiger partial charge on any atom is -0.479 e. The number of aliphatic hydroxyl groups excluding tert-OH is 1. The van der Waals surface area contributed by atoms with Crippen LogP contribution in [0.5, 0.6) is 0 Å². The van der Waals surface area contributed by atoms with E-state index < -0.39 is 101 Å². The largest absolute Gasteiger partial charge is 0.479 e. The molecule has 1 heterocycles. The number of nitrogens with one attached hydrogen (secondary N) is 3. The van der Waals surface area contributed by atoms with Crippen LogP contribution in [0.2, 0.25) is 0 Å². The lowest BCUT2D eigenvalue weighted by molar-refractivity contribution is -0.166. The fourth-order valence-electron chi connectivity index (χ4n) is 6.11. The van der Waals surface area contributed by atoms with Gasteiger partial charge in [-0.05, 0) is 60.9 Å². The van der Waals surface area contributed by atoms with Crippen molar-refractivity contribution < 1.29 is 66.2 Å². The highest BCUT2D eigenvalue weighted by molar-refractivity contribution is 7.85. The Morgan fingerprint density at radius 1 is 1.07 bits per heavy atom. The molecule has 1 fully saturated rings. The number of aldehydes is 1. The lowest BCUT2D eigenvalue weighted by atomic mass is 9.94. The third-order valence-electron chi connectivity index (χ3n) is 9.44. The number of hydrazine groups is 1. The number of esters is 1. The van der Waals surface area contributed by atoms with Gasteiger partial charge in [-0.2, -0.15) is 8.42 Å². The number of aliphatic hydroxyl groups is 1. The van der Waals surface area contributed by atoms with Crippen molar-refractivity contribution in [2.75, 3.05) is 31.2 Å². The number of benzene rings is 1. The van der Waals surface area contributed by atoms with Gasteiger partial charge in [0.15, 0.2) is 6.10 Å². The molecule has 0 spiro atoms. The first-order chi connectivity index (χ1) is 28.5. The molecule has 22 heteroatoms. The predicted molar refractivity (Wildman–Crippen MR) is 220 cm³/mol. The Bertz CT molecular complexity index is 1890. The van der Waals surface area contributed by atoms with Crippen molar-refractivity contribution in [1.82, 2.24) is 20.5 Å². The SMILES string of the molecule is CC(C)C(=O)OCc1ccc(NC(=O)CNC(=O)C(NC(=O)CC(/C(N)=C/N(N)CCCS(=O)(=O)O)N(C)C(=O)/C=C\C=O)C(C)C)cc1CCC1CC(O)CC(C(=O)O)O1. The van der Waals surface area contributed by atoms with Crippen molar-refractivity contribution in [2.45, 2.75) is 103 Å². The van der Waals surface area contributed by atoms with Crippen LogP contribution in [0.1, 0.15) is 70.9 Å². The van der Waals surface area contributed by atoms with Crippen LogP contribution in [0.25, 0.3) is 0 Å². The highest BCUT2D eigenvalue weighted by Gasteiger charge is 2.33. The van der Waals surface area contributed by atoms with E-state index in [0.29, 0.717) is 35.9 Å². The van der Waals surface area contributed by atoms with Crippen LogP contribution in [-0.2, 0) is 66.2 Å². The lowest BCUT2D eigenvalue weighted by Gasteiger charge is -2.31. The van der Waals surface area contributed by atoms with Crippen molar-refractivity contribution in [1.29, 1.82) is 0 Å². The van der Waals surface area contributed by atoms with E-state index in [0.717, 1.165) is 22.1 Å². The number of carboxylic acids is 1. The average Bonchev–Trinajstić information content (AvgIpc) is 3.17. The molecule has 21 nitrogen and oxygen atoms in total. The highest BCUT2D eigenvalue weighted by atomic mass is 32.2. The van der Waals surface area contributed by atoms with Crippen LogP contribution in [0.15, 0.2) is 42.2 Å². The molecule has 5 atom stereocenters. The minimum absolute atomic E-state index is 0.0264. The Labute approximate surface area is 354 Å². The second kappa shape index (κ2) is 24.7. The van der Waals surface area contributed by atoms with Crippen molar-refractivity contribution in [3.05, 3.63) is 53.4 Å². The molecule has 0 saturated carbocycles. The molecule has 5 unspecified atom stereocenters. The number of carbonyl (C=O) groups is 7. The number of amides is 4. The van der Waals surface area contributed by atoms with Gasteiger partial charge in [-0.25, -0.2) is 10.6 Å². The monoisotopic (exact) mass is 881 g/mol. The number of likely N-dealkylation sites (N-methyl/N-ethyl adjacent to an activating group) is 1. The number of nitrogens with zero attached hydrogens (tertiary/aromatic N) is 2. The van der Waals surface area contributed by atoms with Gasteiger partial charge in [-0.15, -0.1) is 0 Å². The van der Waals surface area contributed by atoms with Gasteiger partial charge in [0, 0.05) is 43.7 Å². The van der Waals surface area contributed by atoms with Gasteiger partial charge in [0.25, 0.3) is 10.1 Å². The van der Waals surface area contributed by atoms with E-state index in [-0.39, 0.29) is 44.0 Å². The van der Waals surface area contributed by atoms with E-state index in [1.54, 1.807) is 45.9 Å². The second-order valence-electron chi connectivity index (χ2n) is 15.2. The van der Waals surface area contributed by atoms with E-state index in [9.17, 15) is 52.2 Å². The van der Waals surface area contributed by atoms with Crippen molar-refractivity contribution in [3.8, 4) is 0 Å². The van der Waals surface area contributed by atoms with E-state index >= 15 is 0 Å². The number of aliphatic carboxylic acids is 1. The Morgan fingerprint density at radius 2 is 1.75 bits per heavy atom. The van der Waals surface area contributed by atoms with Gasteiger partial charge in [0.2, 0.25) is 23.6 Å². The number of carboxylic acid groups (broad SMARTS) is 1. The molecule has 1 aliphatic rings. The smallest absolute Gasteiger partial charge is 0.332 e. The number of hydrogen-bond acceptors (Lipinski definition) is 15. The Morgan fingerprint density at radius 3 is 2.36 bits per heavy atom. The number of allylic oxidation sites excluding steroid dienone is 1. The van der Waals surface area contributed by atoms with Crippen LogP contribution in [0.3, 0.4) is 0 Å². The van der Waals surface area contributed by atoms with Crippen molar-refractivity contribution in [2.24, 2.45) is 23.4 Å². The topological polar surface area (TPSA) is 327 Å². The van der Waals surface area contributed by atoms with Crippen LogP contribution in [0.4, 0.5) is 5.69 Å². The molecular weight excluding hydrogens is 823 g/mol. The summed E-state index contributed by atoms with van der Waals surface area (Å²) in [5, 5.41) is 28.4. The van der Waals surface area contributed by atoms with Crippen LogP contribution < -0.4 is 27.5 Å². The van der Waals surface area contributed by atoms with E-state index in [2.05, 4.69) is 16.0 Å². The summed E-state index contributed by atoms with van der Waals surface area (Å²) in [6, 6.07) is 2.57. The number of hydrogen-bond donors (Lipinski definition) is 8. The molecule has 0 bridgehead atoms.